The summed E-state index contributed by atoms with van der Waals surface area (Å²) in [5.41, 5.74) is 1.28. The van der Waals surface area contributed by atoms with Crippen molar-refractivity contribution in [1.82, 2.24) is 5.32 Å². The Labute approximate surface area is 166 Å². The molecule has 6 heteroatoms. The summed E-state index contributed by atoms with van der Waals surface area (Å²) in [5.74, 6) is 1.71. The fraction of sp³-hybridized carbons (Fsp3) is 0.333. The molecule has 2 aromatic carbocycles. The maximum absolute atomic E-state index is 12.3. The summed E-state index contributed by atoms with van der Waals surface area (Å²) < 4.78 is 11.2. The number of ether oxygens (including phenoxy) is 2. The predicted octanol–water partition coefficient (Wildman–Crippen LogP) is 4.64. The maximum atomic E-state index is 12.3. The van der Waals surface area contributed by atoms with Gasteiger partial charge in [-0.3, -0.25) is 10.1 Å². The quantitative estimate of drug-likeness (QED) is 0.679. The summed E-state index contributed by atoms with van der Waals surface area (Å²) in [6.07, 6.45) is 0.0867. The smallest absolute Gasteiger partial charge is 0.257 e. The molecule has 144 valence electrons. The van der Waals surface area contributed by atoms with Gasteiger partial charge in [0.1, 0.15) is 11.5 Å². The second-order valence-corrected chi connectivity index (χ2v) is 7.24. The molecule has 2 rings (SSSR count). The third-order valence-corrected chi connectivity index (χ3v) is 3.61. The van der Waals surface area contributed by atoms with Crippen LogP contribution in [0, 0.1) is 5.92 Å². The summed E-state index contributed by atoms with van der Waals surface area (Å²) in [6.45, 7) is 8.77. The van der Waals surface area contributed by atoms with Crippen molar-refractivity contribution in [1.29, 1.82) is 0 Å². The van der Waals surface area contributed by atoms with Gasteiger partial charge in [0.05, 0.1) is 12.7 Å². The van der Waals surface area contributed by atoms with Crippen molar-refractivity contribution < 1.29 is 14.3 Å². The fourth-order valence-electron chi connectivity index (χ4n) is 2.19. The van der Waals surface area contributed by atoms with Gasteiger partial charge < -0.3 is 14.8 Å². The molecule has 0 aliphatic heterocycles. The average molecular weight is 387 g/mol. The normalized spacial score (nSPS) is 10.6. The Hall–Kier alpha value is -2.60. The van der Waals surface area contributed by atoms with E-state index in [2.05, 4.69) is 24.5 Å². The molecule has 0 heterocycles. The van der Waals surface area contributed by atoms with E-state index in [-0.39, 0.29) is 17.1 Å². The number of thiocarbonyl (C=S) groups is 1. The fourth-order valence-corrected chi connectivity index (χ4v) is 2.40. The number of hydrogen-bond donors (Lipinski definition) is 2. The Morgan fingerprint density at radius 2 is 1.56 bits per heavy atom. The summed E-state index contributed by atoms with van der Waals surface area (Å²) in [6, 6.07) is 14.4. The van der Waals surface area contributed by atoms with Crippen LogP contribution >= 0.6 is 12.2 Å². The van der Waals surface area contributed by atoms with Crippen LogP contribution in [-0.4, -0.2) is 23.7 Å². The number of amides is 1. The van der Waals surface area contributed by atoms with Crippen molar-refractivity contribution in [3.05, 3.63) is 54.1 Å². The Morgan fingerprint density at radius 3 is 2.11 bits per heavy atom. The summed E-state index contributed by atoms with van der Waals surface area (Å²) >= 11 is 5.21. The first kappa shape index (κ1) is 20.7. The number of anilines is 1. The maximum Gasteiger partial charge on any atom is 0.257 e. The zero-order valence-corrected chi connectivity index (χ0v) is 16.9. The molecular weight excluding hydrogens is 360 g/mol. The van der Waals surface area contributed by atoms with E-state index >= 15 is 0 Å². The first-order valence-electron chi connectivity index (χ1n) is 8.95. The minimum absolute atomic E-state index is 0.0867. The lowest BCUT2D eigenvalue weighted by molar-refractivity contribution is 0.0977. The van der Waals surface area contributed by atoms with E-state index in [4.69, 9.17) is 21.7 Å². The van der Waals surface area contributed by atoms with Gasteiger partial charge in [-0.25, -0.2) is 0 Å². The number of nitrogens with one attached hydrogen (secondary N) is 2. The molecule has 5 nitrogen and oxygen atoms in total. The number of carbonyl (C=O) groups excluding carboxylic acids is 1. The third-order valence-electron chi connectivity index (χ3n) is 3.41. The van der Waals surface area contributed by atoms with Gasteiger partial charge in [0.25, 0.3) is 5.91 Å². The third kappa shape index (κ3) is 7.27. The van der Waals surface area contributed by atoms with Crippen molar-refractivity contribution in [3.8, 4) is 11.5 Å². The lowest BCUT2D eigenvalue weighted by Crippen LogP contribution is -2.34. The van der Waals surface area contributed by atoms with Crippen LogP contribution in [0.25, 0.3) is 0 Å². The zero-order chi connectivity index (χ0) is 19.8. The Morgan fingerprint density at radius 1 is 0.963 bits per heavy atom. The molecule has 2 N–H and O–H groups in total. The van der Waals surface area contributed by atoms with E-state index in [0.717, 1.165) is 17.2 Å². The molecule has 0 fully saturated rings. The lowest BCUT2D eigenvalue weighted by Gasteiger charge is -2.12. The minimum atomic E-state index is -0.277. The molecule has 0 aliphatic carbocycles. The molecule has 0 aliphatic rings. The van der Waals surface area contributed by atoms with E-state index in [1.807, 2.05) is 38.1 Å². The van der Waals surface area contributed by atoms with Crippen LogP contribution in [0.2, 0.25) is 0 Å². The highest BCUT2D eigenvalue weighted by Crippen LogP contribution is 2.17. The van der Waals surface area contributed by atoms with E-state index in [1.54, 1.807) is 24.3 Å². The molecule has 0 saturated carbocycles. The molecular formula is C21H26N2O3S. The van der Waals surface area contributed by atoms with Crippen LogP contribution in [0.4, 0.5) is 5.69 Å². The second-order valence-electron chi connectivity index (χ2n) is 6.83. The number of rotatable bonds is 7. The van der Waals surface area contributed by atoms with Gasteiger partial charge in [0, 0.05) is 11.3 Å². The van der Waals surface area contributed by atoms with Crippen molar-refractivity contribution in [3.63, 3.8) is 0 Å². The van der Waals surface area contributed by atoms with Crippen molar-refractivity contribution in [2.24, 2.45) is 5.92 Å². The first-order chi connectivity index (χ1) is 12.8. The van der Waals surface area contributed by atoms with E-state index in [9.17, 15) is 4.79 Å². The minimum Gasteiger partial charge on any atom is -0.493 e. The highest BCUT2D eigenvalue weighted by molar-refractivity contribution is 7.80. The first-order valence-corrected chi connectivity index (χ1v) is 9.36. The molecule has 0 bridgehead atoms. The Kier molecular flexibility index (Phi) is 7.61. The standard InChI is InChI=1S/C21H26N2O3S/c1-14(2)13-25-18-11-7-17(8-12-18)22-21(27)23-20(24)16-5-9-19(10-6-16)26-15(3)4/h5-12,14-15H,13H2,1-4H3,(H2,22,23,24,27). The number of benzene rings is 2. The largest absolute Gasteiger partial charge is 0.493 e. The Balaban J connectivity index is 1.86. The van der Waals surface area contributed by atoms with E-state index in [0.29, 0.717) is 18.1 Å². The van der Waals surface area contributed by atoms with Gasteiger partial charge in [0.2, 0.25) is 0 Å². The molecule has 0 radical (unpaired) electrons. The van der Waals surface area contributed by atoms with Gasteiger partial charge in [-0.2, -0.15) is 0 Å². The molecule has 2 aromatic rings. The van der Waals surface area contributed by atoms with Crippen LogP contribution < -0.4 is 20.1 Å². The van der Waals surface area contributed by atoms with Crippen LogP contribution in [0.3, 0.4) is 0 Å². The number of hydrogen-bond acceptors (Lipinski definition) is 4. The van der Waals surface area contributed by atoms with Crippen LogP contribution in [0.1, 0.15) is 38.1 Å². The van der Waals surface area contributed by atoms with Gasteiger partial charge in [-0.05, 0) is 80.5 Å². The monoisotopic (exact) mass is 386 g/mol. The molecule has 0 spiro atoms. The predicted molar refractivity (Wildman–Crippen MR) is 113 cm³/mol. The van der Waals surface area contributed by atoms with Crippen molar-refractivity contribution in [2.75, 3.05) is 11.9 Å². The van der Waals surface area contributed by atoms with Crippen LogP contribution in [0.5, 0.6) is 11.5 Å². The van der Waals surface area contributed by atoms with Crippen LogP contribution in [0.15, 0.2) is 48.5 Å². The van der Waals surface area contributed by atoms with Gasteiger partial charge in [-0.15, -0.1) is 0 Å². The molecule has 1 amide bonds. The number of carbonyl (C=O) groups is 1. The molecule has 27 heavy (non-hydrogen) atoms. The SMILES string of the molecule is CC(C)COc1ccc(NC(=S)NC(=O)c2ccc(OC(C)C)cc2)cc1. The van der Waals surface area contributed by atoms with Gasteiger partial charge >= 0.3 is 0 Å². The molecule has 0 unspecified atom stereocenters. The zero-order valence-electron chi connectivity index (χ0n) is 16.1. The van der Waals surface area contributed by atoms with Gasteiger partial charge in [0.15, 0.2) is 5.11 Å². The summed E-state index contributed by atoms with van der Waals surface area (Å²) in [7, 11) is 0. The van der Waals surface area contributed by atoms with E-state index in [1.165, 1.54) is 0 Å². The molecule has 0 aromatic heterocycles. The summed E-state index contributed by atoms with van der Waals surface area (Å²) in [5, 5.41) is 5.89. The topological polar surface area (TPSA) is 59.6 Å². The highest BCUT2D eigenvalue weighted by Gasteiger charge is 2.09. The summed E-state index contributed by atoms with van der Waals surface area (Å²) in [4.78, 5) is 12.3. The van der Waals surface area contributed by atoms with Crippen molar-refractivity contribution in [2.45, 2.75) is 33.8 Å². The average Bonchev–Trinajstić information content (AvgIpc) is 2.61. The van der Waals surface area contributed by atoms with Crippen LogP contribution in [-0.2, 0) is 0 Å². The second kappa shape index (κ2) is 9.92. The molecule has 0 atom stereocenters. The van der Waals surface area contributed by atoms with Gasteiger partial charge in [-0.1, -0.05) is 13.8 Å². The van der Waals surface area contributed by atoms with Crippen molar-refractivity contribution >= 4 is 28.9 Å². The molecule has 0 saturated heterocycles. The lowest BCUT2D eigenvalue weighted by atomic mass is 10.2. The Bertz CT molecular complexity index is 756. The van der Waals surface area contributed by atoms with E-state index < -0.39 is 0 Å². The highest BCUT2D eigenvalue weighted by atomic mass is 32.1.